The molecule has 5 heteroatoms. The number of thioether (sulfide) groups is 2. The van der Waals surface area contributed by atoms with Gasteiger partial charge in [-0.2, -0.15) is 0 Å². The van der Waals surface area contributed by atoms with Crippen LogP contribution in [0.4, 0.5) is 0 Å². The van der Waals surface area contributed by atoms with Gasteiger partial charge in [-0.3, -0.25) is 0 Å². The molecule has 1 aliphatic heterocycles. The minimum absolute atomic E-state index is 0.181. The SMILES string of the molecule is OC(CSc1ccccc1Cl)C1CSc2ccccc2O1. The van der Waals surface area contributed by atoms with E-state index in [0.717, 1.165) is 26.3 Å². The standard InChI is InChI=1S/C16H15ClO2S2/c17-11-5-1-3-7-15(11)20-9-12(18)14-10-21-16-8-4-2-6-13(16)19-14/h1-8,12,14,18H,9-10H2. The molecule has 0 amide bonds. The Bertz CT molecular complexity index is 621. The quantitative estimate of drug-likeness (QED) is 0.839. The highest BCUT2D eigenvalue weighted by atomic mass is 35.5. The van der Waals surface area contributed by atoms with Gasteiger partial charge < -0.3 is 9.84 Å². The van der Waals surface area contributed by atoms with Crippen molar-refractivity contribution in [2.24, 2.45) is 0 Å². The zero-order valence-electron chi connectivity index (χ0n) is 11.2. The minimum atomic E-state index is -0.521. The summed E-state index contributed by atoms with van der Waals surface area (Å²) in [5, 5.41) is 11.1. The van der Waals surface area contributed by atoms with Gasteiger partial charge in [-0.25, -0.2) is 0 Å². The van der Waals surface area contributed by atoms with Gasteiger partial charge in [-0.15, -0.1) is 23.5 Å². The van der Waals surface area contributed by atoms with Crippen molar-refractivity contribution in [1.82, 2.24) is 0 Å². The Morgan fingerprint density at radius 2 is 2.00 bits per heavy atom. The third kappa shape index (κ3) is 3.69. The molecule has 2 aromatic carbocycles. The van der Waals surface area contributed by atoms with Gasteiger partial charge in [0.2, 0.25) is 0 Å². The Balaban J connectivity index is 1.60. The number of halogens is 1. The molecule has 0 saturated carbocycles. The molecule has 2 aromatic rings. The van der Waals surface area contributed by atoms with Gasteiger partial charge in [0.25, 0.3) is 0 Å². The topological polar surface area (TPSA) is 29.5 Å². The Morgan fingerprint density at radius 1 is 1.24 bits per heavy atom. The number of ether oxygens (including phenoxy) is 1. The lowest BCUT2D eigenvalue weighted by atomic mass is 10.2. The molecule has 1 N–H and O–H groups in total. The van der Waals surface area contributed by atoms with Crippen molar-refractivity contribution in [3.05, 3.63) is 53.6 Å². The number of aliphatic hydroxyl groups excluding tert-OH is 1. The summed E-state index contributed by atoms with van der Waals surface area (Å²) in [5.74, 6) is 2.19. The average molecular weight is 339 g/mol. The summed E-state index contributed by atoms with van der Waals surface area (Å²) in [6.07, 6.45) is -0.702. The van der Waals surface area contributed by atoms with Crippen molar-refractivity contribution in [1.29, 1.82) is 0 Å². The van der Waals surface area contributed by atoms with Crippen molar-refractivity contribution in [3.63, 3.8) is 0 Å². The molecule has 0 radical (unpaired) electrons. The zero-order chi connectivity index (χ0) is 14.7. The molecule has 0 saturated heterocycles. The van der Waals surface area contributed by atoms with E-state index in [-0.39, 0.29) is 6.10 Å². The van der Waals surface area contributed by atoms with E-state index < -0.39 is 6.10 Å². The first kappa shape index (κ1) is 15.1. The number of para-hydroxylation sites is 1. The molecule has 0 aromatic heterocycles. The Labute approximate surface area is 137 Å². The fourth-order valence-corrected chi connectivity index (χ4v) is 4.38. The van der Waals surface area contributed by atoms with Crippen LogP contribution in [-0.2, 0) is 0 Å². The molecule has 3 rings (SSSR count). The van der Waals surface area contributed by atoms with Gasteiger partial charge >= 0.3 is 0 Å². The third-order valence-corrected chi connectivity index (χ3v) is 5.97. The predicted molar refractivity (Wildman–Crippen MR) is 89.8 cm³/mol. The van der Waals surface area contributed by atoms with E-state index in [0.29, 0.717) is 5.75 Å². The van der Waals surface area contributed by atoms with Crippen LogP contribution in [0.25, 0.3) is 0 Å². The van der Waals surface area contributed by atoms with Gasteiger partial charge in [0, 0.05) is 21.3 Å². The summed E-state index contributed by atoms with van der Waals surface area (Å²) >= 11 is 9.41. The van der Waals surface area contributed by atoms with Gasteiger partial charge in [-0.1, -0.05) is 35.9 Å². The first-order valence-corrected chi connectivity index (χ1v) is 9.03. The van der Waals surface area contributed by atoms with E-state index in [9.17, 15) is 5.11 Å². The highest BCUT2D eigenvalue weighted by molar-refractivity contribution is 7.99. The van der Waals surface area contributed by atoms with Crippen molar-refractivity contribution < 1.29 is 9.84 Å². The summed E-state index contributed by atoms with van der Waals surface area (Å²) < 4.78 is 5.90. The second-order valence-corrected chi connectivity index (χ2v) is 7.25. The van der Waals surface area contributed by atoms with Crippen LogP contribution in [0, 0.1) is 0 Å². The second-order valence-electron chi connectivity index (χ2n) is 4.72. The molecular formula is C16H15ClO2S2. The summed E-state index contributed by atoms with van der Waals surface area (Å²) in [4.78, 5) is 2.13. The highest BCUT2D eigenvalue weighted by Gasteiger charge is 2.26. The third-order valence-electron chi connectivity index (χ3n) is 3.21. The second kappa shape index (κ2) is 6.97. The number of aliphatic hydroxyl groups is 1. The van der Waals surface area contributed by atoms with E-state index >= 15 is 0 Å². The molecule has 2 unspecified atom stereocenters. The van der Waals surface area contributed by atoms with Gasteiger partial charge in [0.05, 0.1) is 5.02 Å². The average Bonchev–Trinajstić information content (AvgIpc) is 2.53. The van der Waals surface area contributed by atoms with Crippen LogP contribution >= 0.6 is 35.1 Å². The summed E-state index contributed by atoms with van der Waals surface area (Å²) in [6.45, 7) is 0. The first-order chi connectivity index (χ1) is 10.2. The number of rotatable bonds is 4. The van der Waals surface area contributed by atoms with Crippen LogP contribution in [0.5, 0.6) is 5.75 Å². The highest BCUT2D eigenvalue weighted by Crippen LogP contribution is 2.36. The molecule has 0 spiro atoms. The summed E-state index contributed by atoms with van der Waals surface area (Å²) in [6, 6.07) is 15.6. The van der Waals surface area contributed by atoms with Gasteiger partial charge in [0.1, 0.15) is 18.0 Å². The maximum atomic E-state index is 10.3. The predicted octanol–water partition coefficient (Wildman–Crippen LogP) is 4.35. The van der Waals surface area contributed by atoms with Crippen LogP contribution in [0.1, 0.15) is 0 Å². The number of benzene rings is 2. The van der Waals surface area contributed by atoms with Crippen molar-refractivity contribution >= 4 is 35.1 Å². The Morgan fingerprint density at radius 3 is 2.86 bits per heavy atom. The fourth-order valence-electron chi connectivity index (χ4n) is 2.07. The first-order valence-electron chi connectivity index (χ1n) is 6.68. The molecular weight excluding hydrogens is 324 g/mol. The fraction of sp³-hybridized carbons (Fsp3) is 0.250. The summed E-state index contributed by atoms with van der Waals surface area (Å²) in [5.41, 5.74) is 0. The molecule has 110 valence electrons. The number of hydrogen-bond donors (Lipinski definition) is 1. The van der Waals surface area contributed by atoms with Crippen LogP contribution < -0.4 is 4.74 Å². The molecule has 0 aliphatic carbocycles. The van der Waals surface area contributed by atoms with Gasteiger partial charge in [-0.05, 0) is 24.3 Å². The Hall–Kier alpha value is -0.810. The molecule has 2 atom stereocenters. The van der Waals surface area contributed by atoms with E-state index in [2.05, 4.69) is 0 Å². The van der Waals surface area contributed by atoms with Crippen molar-refractivity contribution in [2.75, 3.05) is 11.5 Å². The monoisotopic (exact) mass is 338 g/mol. The minimum Gasteiger partial charge on any atom is -0.486 e. The maximum Gasteiger partial charge on any atom is 0.135 e. The maximum absolute atomic E-state index is 10.3. The molecule has 2 nitrogen and oxygen atoms in total. The lowest BCUT2D eigenvalue weighted by molar-refractivity contribution is 0.0624. The lowest BCUT2D eigenvalue weighted by Crippen LogP contribution is -2.37. The molecule has 1 heterocycles. The molecule has 21 heavy (non-hydrogen) atoms. The van der Waals surface area contributed by atoms with E-state index in [1.54, 1.807) is 23.5 Å². The number of hydrogen-bond acceptors (Lipinski definition) is 4. The zero-order valence-corrected chi connectivity index (χ0v) is 13.6. The Kier molecular flexibility index (Phi) is 5.01. The van der Waals surface area contributed by atoms with E-state index in [4.69, 9.17) is 16.3 Å². The van der Waals surface area contributed by atoms with Crippen LogP contribution in [-0.4, -0.2) is 28.8 Å². The molecule has 0 fully saturated rings. The van der Waals surface area contributed by atoms with Crippen LogP contribution in [0.15, 0.2) is 58.3 Å². The van der Waals surface area contributed by atoms with Gasteiger partial charge in [0.15, 0.2) is 0 Å². The normalized spacial score (nSPS) is 18.7. The van der Waals surface area contributed by atoms with Crippen molar-refractivity contribution in [3.8, 4) is 5.75 Å². The van der Waals surface area contributed by atoms with E-state index in [1.165, 1.54) is 0 Å². The smallest absolute Gasteiger partial charge is 0.135 e. The molecule has 1 aliphatic rings. The van der Waals surface area contributed by atoms with E-state index in [1.807, 2.05) is 48.5 Å². The molecule has 0 bridgehead atoms. The summed E-state index contributed by atoms with van der Waals surface area (Å²) in [7, 11) is 0. The lowest BCUT2D eigenvalue weighted by Gasteiger charge is -2.29. The number of fused-ring (bicyclic) bond motifs is 1. The van der Waals surface area contributed by atoms with Crippen LogP contribution in [0.2, 0.25) is 5.02 Å². The van der Waals surface area contributed by atoms with Crippen LogP contribution in [0.3, 0.4) is 0 Å². The largest absolute Gasteiger partial charge is 0.486 e. The van der Waals surface area contributed by atoms with Crippen molar-refractivity contribution in [2.45, 2.75) is 22.0 Å².